The van der Waals surface area contributed by atoms with E-state index in [0.717, 1.165) is 20.7 Å². The van der Waals surface area contributed by atoms with Crippen LogP contribution in [0.15, 0.2) is 52.0 Å². The highest BCUT2D eigenvalue weighted by Crippen LogP contribution is 2.25. The van der Waals surface area contributed by atoms with E-state index in [0.29, 0.717) is 0 Å². The Kier molecular flexibility index (Phi) is 4.38. The van der Waals surface area contributed by atoms with Gasteiger partial charge in [-0.3, -0.25) is 0 Å². The average Bonchev–Trinajstić information content (AvgIpc) is 2.37. The van der Waals surface area contributed by atoms with Crippen molar-refractivity contribution in [2.24, 2.45) is 0 Å². The van der Waals surface area contributed by atoms with E-state index in [4.69, 9.17) is 5.11 Å². The Morgan fingerprint density at radius 3 is 2.89 bits per heavy atom. The summed E-state index contributed by atoms with van der Waals surface area (Å²) in [5.74, 6) is -0.275. The monoisotopic (exact) mass is 323 g/mol. The Hall–Kier alpha value is -1.33. The van der Waals surface area contributed by atoms with Gasteiger partial charge < -0.3 is 5.11 Å². The molecule has 1 aromatic carbocycles. The van der Waals surface area contributed by atoms with Crippen LogP contribution in [-0.2, 0) is 5.75 Å². The van der Waals surface area contributed by atoms with Crippen LogP contribution in [0.5, 0.6) is 0 Å². The van der Waals surface area contributed by atoms with Gasteiger partial charge in [-0.25, -0.2) is 9.78 Å². The normalized spacial score (nSPS) is 10.3. The lowest BCUT2D eigenvalue weighted by molar-refractivity contribution is 0.0690. The van der Waals surface area contributed by atoms with Gasteiger partial charge in [-0.2, -0.15) is 0 Å². The molecular weight excluding hydrogens is 314 g/mol. The van der Waals surface area contributed by atoms with Crippen molar-refractivity contribution in [2.75, 3.05) is 0 Å². The predicted molar refractivity (Wildman–Crippen MR) is 74.9 cm³/mol. The fourth-order valence-electron chi connectivity index (χ4n) is 1.40. The molecule has 3 nitrogen and oxygen atoms in total. The minimum Gasteiger partial charge on any atom is -0.477 e. The number of hydrogen-bond donors (Lipinski definition) is 1. The van der Waals surface area contributed by atoms with Gasteiger partial charge in [-0.05, 0) is 35.9 Å². The fraction of sp³-hybridized carbons (Fsp3) is 0.0769. The average molecular weight is 324 g/mol. The summed E-state index contributed by atoms with van der Waals surface area (Å²) in [6.07, 6.45) is 1.53. The molecule has 0 aliphatic carbocycles. The molecule has 1 aromatic heterocycles. The van der Waals surface area contributed by atoms with Gasteiger partial charge in [0, 0.05) is 21.3 Å². The Balaban J connectivity index is 2.06. The lowest BCUT2D eigenvalue weighted by Crippen LogP contribution is -2.00. The van der Waals surface area contributed by atoms with Gasteiger partial charge in [0.15, 0.2) is 0 Å². The van der Waals surface area contributed by atoms with Crippen molar-refractivity contribution < 1.29 is 9.90 Å². The van der Waals surface area contributed by atoms with E-state index in [-0.39, 0.29) is 5.69 Å². The van der Waals surface area contributed by atoms with Gasteiger partial charge >= 0.3 is 5.97 Å². The molecule has 0 atom stereocenters. The highest BCUT2D eigenvalue weighted by Gasteiger charge is 2.05. The number of aromatic carboxylic acids is 1. The molecule has 2 rings (SSSR count). The molecule has 0 spiro atoms. The zero-order valence-electron chi connectivity index (χ0n) is 9.34. The van der Waals surface area contributed by atoms with Crippen LogP contribution >= 0.6 is 27.7 Å². The molecule has 0 fully saturated rings. The largest absolute Gasteiger partial charge is 0.477 e. The van der Waals surface area contributed by atoms with Crippen molar-refractivity contribution in [1.29, 1.82) is 0 Å². The topological polar surface area (TPSA) is 50.2 Å². The number of carbonyl (C=O) groups is 1. The first-order valence-electron chi connectivity index (χ1n) is 5.22. The SMILES string of the molecule is O=C(O)c1cc(CSc2cccc(Br)c2)ccn1. The molecule has 0 aliphatic rings. The molecule has 18 heavy (non-hydrogen) atoms. The van der Waals surface area contributed by atoms with E-state index >= 15 is 0 Å². The maximum absolute atomic E-state index is 10.8. The third-order valence-electron chi connectivity index (χ3n) is 2.25. The summed E-state index contributed by atoms with van der Waals surface area (Å²) in [7, 11) is 0. The van der Waals surface area contributed by atoms with Crippen molar-refractivity contribution in [2.45, 2.75) is 10.6 Å². The summed E-state index contributed by atoms with van der Waals surface area (Å²) < 4.78 is 1.04. The second kappa shape index (κ2) is 6.02. The molecule has 0 amide bonds. The fourth-order valence-corrected chi connectivity index (χ4v) is 2.85. The number of pyridine rings is 1. The number of carboxylic acid groups (broad SMARTS) is 1. The van der Waals surface area contributed by atoms with E-state index in [1.165, 1.54) is 6.20 Å². The lowest BCUT2D eigenvalue weighted by atomic mass is 10.2. The summed E-state index contributed by atoms with van der Waals surface area (Å²) in [6.45, 7) is 0. The Morgan fingerprint density at radius 2 is 2.17 bits per heavy atom. The highest BCUT2D eigenvalue weighted by molar-refractivity contribution is 9.10. The van der Waals surface area contributed by atoms with Crippen LogP contribution in [0.1, 0.15) is 16.1 Å². The number of benzene rings is 1. The molecule has 0 bridgehead atoms. The standard InChI is InChI=1S/C13H10BrNO2S/c14-10-2-1-3-11(7-10)18-8-9-4-5-15-12(6-9)13(16)17/h1-7H,8H2,(H,16,17). The molecule has 1 N–H and O–H groups in total. The van der Waals surface area contributed by atoms with Gasteiger partial charge in [-0.15, -0.1) is 11.8 Å². The van der Waals surface area contributed by atoms with E-state index < -0.39 is 5.97 Å². The van der Waals surface area contributed by atoms with Crippen molar-refractivity contribution in [3.8, 4) is 0 Å². The number of aromatic nitrogens is 1. The van der Waals surface area contributed by atoms with Crippen molar-refractivity contribution >= 4 is 33.7 Å². The van der Waals surface area contributed by atoms with Gasteiger partial charge in [0.2, 0.25) is 0 Å². The molecule has 0 saturated carbocycles. The van der Waals surface area contributed by atoms with Crippen LogP contribution in [0.25, 0.3) is 0 Å². The molecule has 5 heteroatoms. The number of rotatable bonds is 4. The first-order chi connectivity index (χ1) is 8.65. The molecule has 0 unspecified atom stereocenters. The van der Waals surface area contributed by atoms with Gasteiger partial charge in [0.25, 0.3) is 0 Å². The summed E-state index contributed by atoms with van der Waals surface area (Å²) in [5, 5.41) is 8.86. The maximum Gasteiger partial charge on any atom is 0.354 e. The van der Waals surface area contributed by atoms with E-state index in [1.807, 2.05) is 30.3 Å². The second-order valence-corrected chi connectivity index (χ2v) is 5.56. The lowest BCUT2D eigenvalue weighted by Gasteiger charge is -2.03. The number of nitrogens with zero attached hydrogens (tertiary/aromatic N) is 1. The number of halogens is 1. The maximum atomic E-state index is 10.8. The highest BCUT2D eigenvalue weighted by atomic mass is 79.9. The summed E-state index contributed by atoms with van der Waals surface area (Å²) in [4.78, 5) is 15.7. The molecule has 0 radical (unpaired) electrons. The number of thioether (sulfide) groups is 1. The third-order valence-corrected chi connectivity index (χ3v) is 3.80. The summed E-state index contributed by atoms with van der Waals surface area (Å²) in [6, 6.07) is 11.4. The van der Waals surface area contributed by atoms with Crippen LogP contribution < -0.4 is 0 Å². The van der Waals surface area contributed by atoms with Crippen molar-refractivity contribution in [1.82, 2.24) is 4.98 Å². The Bertz CT molecular complexity index is 574. The molecule has 0 saturated heterocycles. The smallest absolute Gasteiger partial charge is 0.354 e. The van der Waals surface area contributed by atoms with Crippen molar-refractivity contribution in [3.05, 3.63) is 58.3 Å². The van der Waals surface area contributed by atoms with Crippen LogP contribution in [0, 0.1) is 0 Å². The number of hydrogen-bond acceptors (Lipinski definition) is 3. The third kappa shape index (κ3) is 3.58. The minimum atomic E-state index is -0.996. The first kappa shape index (κ1) is 13.1. The van der Waals surface area contributed by atoms with Crippen LogP contribution in [0.3, 0.4) is 0 Å². The van der Waals surface area contributed by atoms with Gasteiger partial charge in [0.05, 0.1) is 0 Å². The summed E-state index contributed by atoms with van der Waals surface area (Å²) in [5.41, 5.74) is 1.04. The molecule has 92 valence electrons. The molecule has 1 heterocycles. The molecular formula is C13H10BrNO2S. The minimum absolute atomic E-state index is 0.0855. The Morgan fingerprint density at radius 1 is 1.33 bits per heavy atom. The molecule has 2 aromatic rings. The van der Waals surface area contributed by atoms with Crippen LogP contribution in [0.2, 0.25) is 0 Å². The van der Waals surface area contributed by atoms with Gasteiger partial charge in [0.1, 0.15) is 5.69 Å². The van der Waals surface area contributed by atoms with Crippen LogP contribution in [-0.4, -0.2) is 16.1 Å². The Labute approximate surface area is 117 Å². The van der Waals surface area contributed by atoms with E-state index in [9.17, 15) is 4.79 Å². The van der Waals surface area contributed by atoms with E-state index in [1.54, 1.807) is 17.8 Å². The zero-order valence-corrected chi connectivity index (χ0v) is 11.7. The van der Waals surface area contributed by atoms with E-state index in [2.05, 4.69) is 20.9 Å². The van der Waals surface area contributed by atoms with Crippen LogP contribution in [0.4, 0.5) is 0 Å². The van der Waals surface area contributed by atoms with Crippen molar-refractivity contribution in [3.63, 3.8) is 0 Å². The number of carboxylic acids is 1. The molecule has 0 aliphatic heterocycles. The first-order valence-corrected chi connectivity index (χ1v) is 6.99. The predicted octanol–water partition coefficient (Wildman–Crippen LogP) is 3.83. The zero-order chi connectivity index (χ0) is 13.0. The quantitative estimate of drug-likeness (QED) is 0.868. The van der Waals surface area contributed by atoms with Gasteiger partial charge in [-0.1, -0.05) is 22.0 Å². The summed E-state index contributed by atoms with van der Waals surface area (Å²) >= 11 is 5.08. The second-order valence-electron chi connectivity index (χ2n) is 3.60.